The predicted octanol–water partition coefficient (Wildman–Crippen LogP) is 1.35. The van der Waals surface area contributed by atoms with Crippen molar-refractivity contribution >= 4 is 0 Å². The van der Waals surface area contributed by atoms with Crippen molar-refractivity contribution in [3.8, 4) is 0 Å². The van der Waals surface area contributed by atoms with Crippen LogP contribution in [0.5, 0.6) is 0 Å². The molecular weight excluding hydrogens is 98.1 g/mol. The molecule has 0 aliphatic carbocycles. The molecule has 0 aromatic rings. The van der Waals surface area contributed by atoms with E-state index in [-0.39, 0.29) is 0 Å². The minimum atomic E-state index is 1.12. The van der Waals surface area contributed by atoms with Crippen LogP contribution in [-0.4, -0.2) is 13.1 Å². The molecule has 1 nitrogen and oxygen atoms in total. The molecule has 1 heteroatoms. The van der Waals surface area contributed by atoms with E-state index >= 15 is 0 Å². The summed E-state index contributed by atoms with van der Waals surface area (Å²) in [5.74, 6) is 0. The molecule has 0 bridgehead atoms. The van der Waals surface area contributed by atoms with Crippen molar-refractivity contribution in [2.75, 3.05) is 13.1 Å². The topological polar surface area (TPSA) is 12.0 Å². The maximum absolute atomic E-state index is 3.33. The van der Waals surface area contributed by atoms with Crippen LogP contribution >= 0.6 is 0 Å². The molecule has 1 fully saturated rings. The molecule has 0 aromatic heterocycles. The number of rotatable bonds is 0. The molecule has 1 aliphatic rings. The van der Waals surface area contributed by atoms with Gasteiger partial charge in [-0.1, -0.05) is 12.8 Å². The highest BCUT2D eigenvalue weighted by molar-refractivity contribution is 4.70. The smallest absolute Gasteiger partial charge is 0.00174 e. The SMILES string of the molecule is [CH]1CCCCCNC1. The first-order valence-corrected chi connectivity index (χ1v) is 3.52. The lowest BCUT2D eigenvalue weighted by Gasteiger charge is -2.07. The lowest BCUT2D eigenvalue weighted by Crippen LogP contribution is -2.18. The first-order chi connectivity index (χ1) is 4.00. The molecular formula is C7H14N. The molecule has 0 unspecified atom stereocenters. The van der Waals surface area contributed by atoms with E-state index in [4.69, 9.17) is 0 Å². The van der Waals surface area contributed by atoms with E-state index < -0.39 is 0 Å². The quantitative estimate of drug-likeness (QED) is 0.499. The molecule has 1 aliphatic heterocycles. The van der Waals surface area contributed by atoms with E-state index in [9.17, 15) is 0 Å². The Bertz CT molecular complexity index is 28.3. The molecule has 1 N–H and O–H groups in total. The zero-order valence-corrected chi connectivity index (χ0v) is 5.32. The summed E-state index contributed by atoms with van der Waals surface area (Å²) in [6.45, 7) is 2.34. The number of nitrogens with one attached hydrogen (secondary N) is 1. The van der Waals surface area contributed by atoms with Crippen LogP contribution in [0.4, 0.5) is 0 Å². The van der Waals surface area contributed by atoms with Gasteiger partial charge in [-0.15, -0.1) is 0 Å². The highest BCUT2D eigenvalue weighted by Gasteiger charge is 1.94. The van der Waals surface area contributed by atoms with E-state index in [0.717, 1.165) is 6.54 Å². The van der Waals surface area contributed by atoms with Gasteiger partial charge in [0.2, 0.25) is 0 Å². The Hall–Kier alpha value is -0.0400. The van der Waals surface area contributed by atoms with Gasteiger partial charge >= 0.3 is 0 Å². The Morgan fingerprint density at radius 1 is 1.12 bits per heavy atom. The lowest BCUT2D eigenvalue weighted by molar-refractivity contribution is 0.574. The molecule has 47 valence electrons. The molecule has 1 heterocycles. The minimum Gasteiger partial charge on any atom is -0.316 e. The van der Waals surface area contributed by atoms with Gasteiger partial charge in [0.05, 0.1) is 0 Å². The van der Waals surface area contributed by atoms with Crippen molar-refractivity contribution < 1.29 is 0 Å². The molecule has 1 radical (unpaired) electrons. The van der Waals surface area contributed by atoms with Crippen LogP contribution in [0.25, 0.3) is 0 Å². The van der Waals surface area contributed by atoms with Gasteiger partial charge in [-0.25, -0.2) is 0 Å². The van der Waals surface area contributed by atoms with E-state index in [2.05, 4.69) is 11.7 Å². The van der Waals surface area contributed by atoms with Gasteiger partial charge in [0.1, 0.15) is 0 Å². The Balaban J connectivity index is 2.00. The van der Waals surface area contributed by atoms with Crippen molar-refractivity contribution in [3.63, 3.8) is 0 Å². The number of hydrogen-bond donors (Lipinski definition) is 1. The van der Waals surface area contributed by atoms with Crippen LogP contribution in [-0.2, 0) is 0 Å². The molecule has 0 aromatic carbocycles. The second kappa shape index (κ2) is 3.90. The summed E-state index contributed by atoms with van der Waals surface area (Å²) in [5.41, 5.74) is 0. The fraction of sp³-hybridized carbons (Fsp3) is 0.857. The lowest BCUT2D eigenvalue weighted by atomic mass is 10.1. The van der Waals surface area contributed by atoms with Crippen LogP contribution in [0, 0.1) is 6.42 Å². The first-order valence-electron chi connectivity index (χ1n) is 3.52. The van der Waals surface area contributed by atoms with Gasteiger partial charge in [-0.2, -0.15) is 0 Å². The van der Waals surface area contributed by atoms with Crippen LogP contribution < -0.4 is 5.32 Å². The third kappa shape index (κ3) is 2.31. The summed E-state index contributed by atoms with van der Waals surface area (Å²) in [6.07, 6.45) is 7.82. The van der Waals surface area contributed by atoms with Crippen molar-refractivity contribution in [2.24, 2.45) is 0 Å². The van der Waals surface area contributed by atoms with Gasteiger partial charge in [0, 0.05) is 0 Å². The van der Waals surface area contributed by atoms with E-state index in [1.807, 2.05) is 0 Å². The van der Waals surface area contributed by atoms with Gasteiger partial charge in [0.15, 0.2) is 0 Å². The highest BCUT2D eigenvalue weighted by atomic mass is 14.8. The Morgan fingerprint density at radius 2 is 2.12 bits per heavy atom. The van der Waals surface area contributed by atoms with Gasteiger partial charge in [0.25, 0.3) is 0 Å². The van der Waals surface area contributed by atoms with Crippen LogP contribution in [0.2, 0.25) is 0 Å². The maximum atomic E-state index is 3.33. The zero-order chi connectivity index (χ0) is 5.66. The fourth-order valence-electron chi connectivity index (χ4n) is 1.02. The molecule has 1 saturated heterocycles. The number of hydrogen-bond acceptors (Lipinski definition) is 1. The Morgan fingerprint density at radius 3 is 3.12 bits per heavy atom. The zero-order valence-electron chi connectivity index (χ0n) is 5.32. The average Bonchev–Trinajstić information content (AvgIpc) is 1.62. The van der Waals surface area contributed by atoms with Crippen molar-refractivity contribution in [1.82, 2.24) is 5.32 Å². The highest BCUT2D eigenvalue weighted by Crippen LogP contribution is 2.02. The summed E-state index contributed by atoms with van der Waals surface area (Å²) in [7, 11) is 0. The molecule has 8 heavy (non-hydrogen) atoms. The van der Waals surface area contributed by atoms with Crippen molar-refractivity contribution in [1.29, 1.82) is 0 Å². The predicted molar refractivity (Wildman–Crippen MR) is 35.6 cm³/mol. The molecule has 0 saturated carbocycles. The summed E-state index contributed by atoms with van der Waals surface area (Å²) in [6, 6.07) is 0. The molecule has 0 spiro atoms. The van der Waals surface area contributed by atoms with Gasteiger partial charge in [-0.3, -0.25) is 0 Å². The van der Waals surface area contributed by atoms with Gasteiger partial charge in [-0.05, 0) is 32.4 Å². The third-order valence-electron chi connectivity index (χ3n) is 1.55. The Kier molecular flexibility index (Phi) is 2.97. The van der Waals surface area contributed by atoms with Crippen LogP contribution in [0.1, 0.15) is 25.7 Å². The monoisotopic (exact) mass is 112 g/mol. The normalized spacial score (nSPS) is 24.0. The average molecular weight is 112 g/mol. The van der Waals surface area contributed by atoms with E-state index in [0.29, 0.717) is 0 Å². The second-order valence-corrected chi connectivity index (χ2v) is 2.34. The summed E-state index contributed by atoms with van der Waals surface area (Å²) in [5, 5.41) is 3.33. The largest absolute Gasteiger partial charge is 0.316 e. The molecule has 0 amide bonds. The molecule has 1 rings (SSSR count). The Labute approximate surface area is 51.5 Å². The van der Waals surface area contributed by atoms with E-state index in [1.165, 1.54) is 32.2 Å². The standard InChI is InChI=1S/C7H14N/c1-2-4-6-8-7-5-3-1/h4,8H,1-3,5-7H2. The van der Waals surface area contributed by atoms with Gasteiger partial charge < -0.3 is 5.32 Å². The molecule has 0 atom stereocenters. The fourth-order valence-corrected chi connectivity index (χ4v) is 1.02. The summed E-state index contributed by atoms with van der Waals surface area (Å²) < 4.78 is 0. The second-order valence-electron chi connectivity index (χ2n) is 2.34. The first kappa shape index (κ1) is 6.09. The third-order valence-corrected chi connectivity index (χ3v) is 1.55. The van der Waals surface area contributed by atoms with Crippen LogP contribution in [0.3, 0.4) is 0 Å². The van der Waals surface area contributed by atoms with E-state index in [1.54, 1.807) is 0 Å². The minimum absolute atomic E-state index is 1.12. The van der Waals surface area contributed by atoms with Crippen LogP contribution in [0.15, 0.2) is 0 Å². The van der Waals surface area contributed by atoms with Crippen molar-refractivity contribution in [3.05, 3.63) is 6.42 Å². The maximum Gasteiger partial charge on any atom is -0.00174 e. The summed E-state index contributed by atoms with van der Waals surface area (Å²) >= 11 is 0. The van der Waals surface area contributed by atoms with Crippen molar-refractivity contribution in [2.45, 2.75) is 25.7 Å². The summed E-state index contributed by atoms with van der Waals surface area (Å²) in [4.78, 5) is 0.